The lowest BCUT2D eigenvalue weighted by atomic mass is 10.0. The van der Waals surface area contributed by atoms with E-state index in [1.807, 2.05) is 5.32 Å². The molecule has 1 aliphatic heterocycles. The molecule has 1 rings (SSSR count). The number of carboxylic acid groups (broad SMARTS) is 1. The van der Waals surface area contributed by atoms with Crippen molar-refractivity contribution in [2.24, 2.45) is 0 Å². The summed E-state index contributed by atoms with van der Waals surface area (Å²) in [6, 6.07) is 0. The first-order valence-electron chi connectivity index (χ1n) is 5.48. The van der Waals surface area contributed by atoms with E-state index < -0.39 is 36.0 Å². The lowest BCUT2D eigenvalue weighted by Gasteiger charge is -2.29. The highest BCUT2D eigenvalue weighted by atomic mass is 19.4. The fraction of sp³-hybridized carbons (Fsp3) is 0.700. The zero-order chi connectivity index (χ0) is 14.8. The van der Waals surface area contributed by atoms with E-state index in [-0.39, 0.29) is 19.4 Å². The number of carboxylic acids is 1. The van der Waals surface area contributed by atoms with E-state index in [1.54, 1.807) is 0 Å². The highest BCUT2D eigenvalue weighted by Crippen LogP contribution is 2.30. The number of rotatable bonds is 5. The molecule has 1 aliphatic rings. The molecule has 1 heterocycles. The molecule has 0 spiro atoms. The minimum absolute atomic E-state index is 0.0360. The van der Waals surface area contributed by atoms with Crippen LogP contribution in [0.15, 0.2) is 0 Å². The summed E-state index contributed by atoms with van der Waals surface area (Å²) in [5.41, 5.74) is -3.11. The Morgan fingerprint density at radius 2 is 1.79 bits per heavy atom. The maximum absolute atomic E-state index is 12.6. The number of hydrogen-bond donors (Lipinski definition) is 2. The Morgan fingerprint density at radius 3 is 2.16 bits per heavy atom. The molecule has 0 saturated carbocycles. The molecule has 1 fully saturated rings. The summed E-state index contributed by atoms with van der Waals surface area (Å²) in [5, 5.41) is 10.5. The van der Waals surface area contributed by atoms with Gasteiger partial charge in [-0.25, -0.2) is 4.79 Å². The summed E-state index contributed by atoms with van der Waals surface area (Å²) in [4.78, 5) is 33.9. The molecule has 1 atom stereocenters. The van der Waals surface area contributed by atoms with Crippen LogP contribution >= 0.6 is 0 Å². The summed E-state index contributed by atoms with van der Waals surface area (Å²) < 4.78 is 37.9. The van der Waals surface area contributed by atoms with Gasteiger partial charge in [0.05, 0.1) is 0 Å². The predicted octanol–water partition coefficient (Wildman–Crippen LogP) is 0.131. The number of likely N-dealkylation sites (tertiary alicyclic amines) is 1. The molecule has 2 N–H and O–H groups in total. The minimum atomic E-state index is -4.99. The highest BCUT2D eigenvalue weighted by Gasteiger charge is 2.57. The molecule has 6 nitrogen and oxygen atoms in total. The van der Waals surface area contributed by atoms with Crippen LogP contribution in [0.5, 0.6) is 0 Å². The van der Waals surface area contributed by atoms with Crippen molar-refractivity contribution in [3.8, 4) is 0 Å². The van der Waals surface area contributed by atoms with Crippen LogP contribution in [0.4, 0.5) is 13.2 Å². The smallest absolute Gasteiger partial charge is 0.417 e. The van der Waals surface area contributed by atoms with E-state index >= 15 is 0 Å². The van der Waals surface area contributed by atoms with Gasteiger partial charge in [-0.3, -0.25) is 19.8 Å². The third kappa shape index (κ3) is 3.03. The number of hydrogen-bond acceptors (Lipinski definition) is 4. The molecule has 19 heavy (non-hydrogen) atoms. The molecule has 0 radical (unpaired) electrons. The minimum Gasteiger partial charge on any atom is -0.480 e. The van der Waals surface area contributed by atoms with Gasteiger partial charge in [-0.2, -0.15) is 13.2 Å². The quantitative estimate of drug-likeness (QED) is 0.700. The standard InChI is InChI=1S/C10H13F3N2O4/c1-9(8(18)19,10(11,12)13)14-4-5-15-6(16)2-3-7(15)17/h14H,2-5H2,1H3,(H,18,19). The normalized spacial score (nSPS) is 19.7. The molecule has 2 amide bonds. The third-order valence-electron chi connectivity index (χ3n) is 2.96. The van der Waals surface area contributed by atoms with Gasteiger partial charge in [0.25, 0.3) is 0 Å². The van der Waals surface area contributed by atoms with Gasteiger partial charge in [0.2, 0.25) is 17.4 Å². The number of halogens is 3. The summed E-state index contributed by atoms with van der Waals surface area (Å²) >= 11 is 0. The van der Waals surface area contributed by atoms with Crippen molar-refractivity contribution in [2.75, 3.05) is 13.1 Å². The number of carbonyl (C=O) groups excluding carboxylic acids is 2. The van der Waals surface area contributed by atoms with Crippen molar-refractivity contribution in [3.63, 3.8) is 0 Å². The van der Waals surface area contributed by atoms with Crippen LogP contribution < -0.4 is 5.32 Å². The fourth-order valence-electron chi connectivity index (χ4n) is 1.59. The van der Waals surface area contributed by atoms with Crippen LogP contribution in [0.3, 0.4) is 0 Å². The number of aliphatic carboxylic acids is 1. The van der Waals surface area contributed by atoms with Gasteiger partial charge in [0.15, 0.2) is 0 Å². The maximum atomic E-state index is 12.6. The second-order valence-electron chi connectivity index (χ2n) is 4.29. The van der Waals surface area contributed by atoms with Crippen molar-refractivity contribution in [3.05, 3.63) is 0 Å². The molecular weight excluding hydrogens is 269 g/mol. The predicted molar refractivity (Wildman–Crippen MR) is 56.1 cm³/mol. The van der Waals surface area contributed by atoms with Gasteiger partial charge < -0.3 is 5.11 Å². The van der Waals surface area contributed by atoms with Gasteiger partial charge in [-0.05, 0) is 6.92 Å². The van der Waals surface area contributed by atoms with Crippen LogP contribution in [0.2, 0.25) is 0 Å². The Bertz CT molecular complexity index is 394. The van der Waals surface area contributed by atoms with Crippen LogP contribution in [0, 0.1) is 0 Å². The average Bonchev–Trinajstić information content (AvgIpc) is 2.58. The Morgan fingerprint density at radius 1 is 1.32 bits per heavy atom. The topological polar surface area (TPSA) is 86.7 Å². The van der Waals surface area contributed by atoms with Crippen molar-refractivity contribution in [1.82, 2.24) is 10.2 Å². The molecule has 1 unspecified atom stereocenters. The molecule has 0 aromatic carbocycles. The second kappa shape index (κ2) is 5.16. The molecule has 0 aliphatic carbocycles. The summed E-state index contributed by atoms with van der Waals surface area (Å²) in [5.74, 6) is -2.99. The third-order valence-corrected chi connectivity index (χ3v) is 2.96. The fourth-order valence-corrected chi connectivity index (χ4v) is 1.59. The molecule has 0 aromatic rings. The molecule has 0 bridgehead atoms. The van der Waals surface area contributed by atoms with E-state index in [4.69, 9.17) is 5.11 Å². The van der Waals surface area contributed by atoms with Crippen molar-refractivity contribution in [1.29, 1.82) is 0 Å². The van der Waals surface area contributed by atoms with Gasteiger partial charge >= 0.3 is 12.1 Å². The van der Waals surface area contributed by atoms with Crippen LogP contribution in [-0.4, -0.2) is 52.6 Å². The first kappa shape index (κ1) is 15.4. The number of nitrogens with one attached hydrogen (secondary N) is 1. The molecule has 0 aromatic heterocycles. The number of alkyl halides is 3. The van der Waals surface area contributed by atoms with E-state index in [0.29, 0.717) is 6.92 Å². The average molecular weight is 282 g/mol. The lowest BCUT2D eigenvalue weighted by Crippen LogP contribution is -2.61. The maximum Gasteiger partial charge on any atom is 0.417 e. The lowest BCUT2D eigenvalue weighted by molar-refractivity contribution is -0.205. The van der Waals surface area contributed by atoms with Crippen LogP contribution in [0.25, 0.3) is 0 Å². The largest absolute Gasteiger partial charge is 0.480 e. The first-order valence-corrected chi connectivity index (χ1v) is 5.48. The monoisotopic (exact) mass is 282 g/mol. The SMILES string of the molecule is CC(NCCN1C(=O)CCC1=O)(C(=O)O)C(F)(F)F. The molecule has 9 heteroatoms. The molecule has 108 valence electrons. The second-order valence-corrected chi connectivity index (χ2v) is 4.29. The number of carbonyl (C=O) groups is 3. The molecular formula is C10H13F3N2O4. The van der Waals surface area contributed by atoms with Crippen molar-refractivity contribution < 1.29 is 32.7 Å². The summed E-state index contributed by atoms with van der Waals surface area (Å²) in [7, 11) is 0. The summed E-state index contributed by atoms with van der Waals surface area (Å²) in [6.45, 7) is -0.237. The zero-order valence-corrected chi connectivity index (χ0v) is 10.1. The summed E-state index contributed by atoms with van der Waals surface area (Å²) in [6.07, 6.45) is -4.92. The van der Waals surface area contributed by atoms with Gasteiger partial charge in [0.1, 0.15) is 0 Å². The zero-order valence-electron chi connectivity index (χ0n) is 10.1. The Kier molecular flexibility index (Phi) is 4.18. The van der Waals surface area contributed by atoms with E-state index in [9.17, 15) is 27.6 Å². The van der Waals surface area contributed by atoms with Crippen LogP contribution in [0.1, 0.15) is 19.8 Å². The van der Waals surface area contributed by atoms with E-state index in [2.05, 4.69) is 0 Å². The number of nitrogens with zero attached hydrogens (tertiary/aromatic N) is 1. The van der Waals surface area contributed by atoms with E-state index in [1.165, 1.54) is 0 Å². The van der Waals surface area contributed by atoms with Crippen molar-refractivity contribution >= 4 is 17.8 Å². The van der Waals surface area contributed by atoms with Crippen LogP contribution in [-0.2, 0) is 14.4 Å². The first-order chi connectivity index (χ1) is 8.59. The number of amides is 2. The van der Waals surface area contributed by atoms with Crippen molar-refractivity contribution in [2.45, 2.75) is 31.5 Å². The number of imide groups is 1. The molecule has 1 saturated heterocycles. The van der Waals surface area contributed by atoms with Gasteiger partial charge in [0, 0.05) is 25.9 Å². The van der Waals surface area contributed by atoms with Gasteiger partial charge in [-0.1, -0.05) is 0 Å². The highest BCUT2D eigenvalue weighted by molar-refractivity contribution is 6.01. The Labute approximate surface area is 106 Å². The Hall–Kier alpha value is -1.64. The van der Waals surface area contributed by atoms with Gasteiger partial charge in [-0.15, -0.1) is 0 Å². The van der Waals surface area contributed by atoms with E-state index in [0.717, 1.165) is 4.90 Å². The Balaban J connectivity index is 2.62.